The highest BCUT2D eigenvalue weighted by atomic mass is 19.1. The van der Waals surface area contributed by atoms with Crippen molar-refractivity contribution in [2.24, 2.45) is 0 Å². The summed E-state index contributed by atoms with van der Waals surface area (Å²) in [5.41, 5.74) is 2.18. The molecule has 0 radical (unpaired) electrons. The molecule has 3 aromatic rings. The zero-order valence-electron chi connectivity index (χ0n) is 12.2. The summed E-state index contributed by atoms with van der Waals surface area (Å²) in [5.74, 6) is -0.541. The van der Waals surface area contributed by atoms with Gasteiger partial charge in [0, 0.05) is 30.4 Å². The molecule has 0 aliphatic rings. The highest BCUT2D eigenvalue weighted by Crippen LogP contribution is 2.22. The Morgan fingerprint density at radius 3 is 1.96 bits per heavy atom. The summed E-state index contributed by atoms with van der Waals surface area (Å²) in [6, 6.07) is 12.6. The van der Waals surface area contributed by atoms with Crippen molar-refractivity contribution in [2.45, 2.75) is 6.04 Å². The van der Waals surface area contributed by atoms with Gasteiger partial charge >= 0.3 is 0 Å². The van der Waals surface area contributed by atoms with Crippen molar-refractivity contribution in [3.63, 3.8) is 0 Å². The Morgan fingerprint density at radius 1 is 0.826 bits per heavy atom. The third-order valence-corrected chi connectivity index (χ3v) is 3.46. The van der Waals surface area contributed by atoms with Gasteiger partial charge in [-0.25, -0.2) is 4.39 Å². The summed E-state index contributed by atoms with van der Waals surface area (Å²) in [5, 5.41) is 2.97. The topological polar surface area (TPSA) is 54.9 Å². The molecular formula is C18H14FN3O. The quantitative estimate of drug-likeness (QED) is 0.805. The summed E-state index contributed by atoms with van der Waals surface area (Å²) < 4.78 is 13.2. The highest BCUT2D eigenvalue weighted by molar-refractivity contribution is 5.94. The molecule has 1 unspecified atom stereocenters. The van der Waals surface area contributed by atoms with E-state index in [1.165, 1.54) is 12.1 Å². The first-order valence-corrected chi connectivity index (χ1v) is 7.10. The van der Waals surface area contributed by atoms with E-state index in [1.807, 2.05) is 12.1 Å². The maximum absolute atomic E-state index is 13.2. The SMILES string of the molecule is O=C(NC(c1ccncc1)c1ccc(F)cc1)c1ccncc1. The molecule has 0 fully saturated rings. The van der Waals surface area contributed by atoms with Gasteiger partial charge in [-0.1, -0.05) is 12.1 Å². The fraction of sp³-hybridized carbons (Fsp3) is 0.0556. The van der Waals surface area contributed by atoms with Gasteiger partial charge in [0.15, 0.2) is 0 Å². The molecule has 1 N–H and O–H groups in total. The number of rotatable bonds is 4. The standard InChI is InChI=1S/C18H14FN3O/c19-16-3-1-13(2-4-16)17(14-5-9-20-10-6-14)22-18(23)15-7-11-21-12-8-15/h1-12,17H,(H,22,23). The van der Waals surface area contributed by atoms with E-state index in [-0.39, 0.29) is 17.8 Å². The average Bonchev–Trinajstić information content (AvgIpc) is 2.62. The number of benzene rings is 1. The van der Waals surface area contributed by atoms with Crippen LogP contribution in [-0.4, -0.2) is 15.9 Å². The smallest absolute Gasteiger partial charge is 0.252 e. The van der Waals surface area contributed by atoms with Crippen molar-refractivity contribution in [1.29, 1.82) is 0 Å². The summed E-state index contributed by atoms with van der Waals surface area (Å²) in [6.45, 7) is 0. The molecule has 1 aromatic carbocycles. The first-order valence-electron chi connectivity index (χ1n) is 7.10. The van der Waals surface area contributed by atoms with E-state index in [9.17, 15) is 9.18 Å². The minimum absolute atomic E-state index is 0.224. The lowest BCUT2D eigenvalue weighted by Gasteiger charge is -2.19. The lowest BCUT2D eigenvalue weighted by atomic mass is 9.99. The number of hydrogen-bond donors (Lipinski definition) is 1. The molecule has 4 nitrogen and oxygen atoms in total. The molecule has 1 atom stereocenters. The molecule has 0 bridgehead atoms. The Hall–Kier alpha value is -3.08. The van der Waals surface area contributed by atoms with Crippen molar-refractivity contribution in [2.75, 3.05) is 0 Å². The molecule has 0 aliphatic heterocycles. The van der Waals surface area contributed by atoms with Gasteiger partial charge in [0.05, 0.1) is 6.04 Å². The van der Waals surface area contributed by atoms with Gasteiger partial charge in [0.2, 0.25) is 0 Å². The van der Waals surface area contributed by atoms with Crippen molar-refractivity contribution in [3.05, 3.63) is 95.8 Å². The van der Waals surface area contributed by atoms with E-state index < -0.39 is 0 Å². The van der Waals surface area contributed by atoms with Crippen molar-refractivity contribution < 1.29 is 9.18 Å². The lowest BCUT2D eigenvalue weighted by Crippen LogP contribution is -2.29. The number of carbonyl (C=O) groups excluding carboxylic acids is 1. The summed E-state index contributed by atoms with van der Waals surface area (Å²) >= 11 is 0. The van der Waals surface area contributed by atoms with Gasteiger partial charge < -0.3 is 5.32 Å². The van der Waals surface area contributed by atoms with Crippen LogP contribution in [0.3, 0.4) is 0 Å². The monoisotopic (exact) mass is 307 g/mol. The Labute approximate surface area is 133 Å². The van der Waals surface area contributed by atoms with E-state index in [0.29, 0.717) is 5.56 Å². The van der Waals surface area contributed by atoms with Crippen LogP contribution in [0.25, 0.3) is 0 Å². The number of amides is 1. The molecule has 114 valence electrons. The minimum Gasteiger partial charge on any atom is -0.341 e. The van der Waals surface area contributed by atoms with Crippen LogP contribution in [-0.2, 0) is 0 Å². The van der Waals surface area contributed by atoms with Crippen LogP contribution in [0.5, 0.6) is 0 Å². The first-order chi connectivity index (χ1) is 11.2. The molecule has 0 saturated carbocycles. The van der Waals surface area contributed by atoms with Crippen molar-refractivity contribution in [3.8, 4) is 0 Å². The van der Waals surface area contributed by atoms with E-state index in [4.69, 9.17) is 0 Å². The average molecular weight is 307 g/mol. The van der Waals surface area contributed by atoms with Crippen LogP contribution in [0, 0.1) is 5.82 Å². The maximum atomic E-state index is 13.2. The second kappa shape index (κ2) is 6.79. The number of nitrogens with zero attached hydrogens (tertiary/aromatic N) is 2. The molecule has 3 rings (SSSR count). The number of aromatic nitrogens is 2. The Morgan fingerprint density at radius 2 is 1.35 bits per heavy atom. The number of halogens is 1. The Kier molecular flexibility index (Phi) is 4.38. The molecule has 2 heterocycles. The van der Waals surface area contributed by atoms with Crippen LogP contribution in [0.2, 0.25) is 0 Å². The molecule has 0 aliphatic carbocycles. The summed E-state index contributed by atoms with van der Waals surface area (Å²) in [7, 11) is 0. The maximum Gasteiger partial charge on any atom is 0.252 e. The van der Waals surface area contributed by atoms with Gasteiger partial charge in [-0.2, -0.15) is 0 Å². The van der Waals surface area contributed by atoms with Crippen molar-refractivity contribution in [1.82, 2.24) is 15.3 Å². The van der Waals surface area contributed by atoms with E-state index in [2.05, 4.69) is 15.3 Å². The van der Waals surface area contributed by atoms with E-state index in [1.54, 1.807) is 49.1 Å². The fourth-order valence-electron chi connectivity index (χ4n) is 2.29. The number of nitrogens with one attached hydrogen (secondary N) is 1. The molecule has 2 aromatic heterocycles. The molecular weight excluding hydrogens is 293 g/mol. The van der Waals surface area contributed by atoms with Crippen LogP contribution in [0.4, 0.5) is 4.39 Å². The van der Waals surface area contributed by atoms with Gasteiger partial charge in [0.25, 0.3) is 5.91 Å². The molecule has 5 heteroatoms. The highest BCUT2D eigenvalue weighted by Gasteiger charge is 2.17. The zero-order valence-corrected chi connectivity index (χ0v) is 12.2. The predicted octanol–water partition coefficient (Wildman–Crippen LogP) is 3.14. The van der Waals surface area contributed by atoms with Gasteiger partial charge in [-0.15, -0.1) is 0 Å². The third-order valence-electron chi connectivity index (χ3n) is 3.46. The Balaban J connectivity index is 1.93. The summed E-state index contributed by atoms with van der Waals surface area (Å²) in [4.78, 5) is 20.3. The van der Waals surface area contributed by atoms with Crippen LogP contribution >= 0.6 is 0 Å². The normalized spacial score (nSPS) is 11.7. The Bertz CT molecular complexity index is 776. The first kappa shape index (κ1) is 14.8. The molecule has 1 amide bonds. The van der Waals surface area contributed by atoms with E-state index in [0.717, 1.165) is 11.1 Å². The van der Waals surface area contributed by atoms with Gasteiger partial charge in [-0.05, 0) is 47.5 Å². The molecule has 0 spiro atoms. The largest absolute Gasteiger partial charge is 0.341 e. The van der Waals surface area contributed by atoms with Gasteiger partial charge in [-0.3, -0.25) is 14.8 Å². The third kappa shape index (κ3) is 3.58. The molecule has 0 saturated heterocycles. The van der Waals surface area contributed by atoms with Crippen LogP contribution < -0.4 is 5.32 Å². The van der Waals surface area contributed by atoms with Gasteiger partial charge in [0.1, 0.15) is 5.82 Å². The number of hydrogen-bond acceptors (Lipinski definition) is 3. The summed E-state index contributed by atoms with van der Waals surface area (Å²) in [6.07, 6.45) is 6.44. The minimum atomic E-state index is -0.390. The molecule has 23 heavy (non-hydrogen) atoms. The fourth-order valence-corrected chi connectivity index (χ4v) is 2.29. The van der Waals surface area contributed by atoms with Crippen molar-refractivity contribution >= 4 is 5.91 Å². The zero-order chi connectivity index (χ0) is 16.1. The van der Waals surface area contributed by atoms with Crippen LogP contribution in [0.1, 0.15) is 27.5 Å². The lowest BCUT2D eigenvalue weighted by molar-refractivity contribution is 0.0943. The van der Waals surface area contributed by atoms with Crippen LogP contribution in [0.15, 0.2) is 73.3 Å². The number of pyridine rings is 2. The number of carbonyl (C=O) groups is 1. The second-order valence-corrected chi connectivity index (χ2v) is 4.97. The second-order valence-electron chi connectivity index (χ2n) is 4.97. The predicted molar refractivity (Wildman–Crippen MR) is 84.2 cm³/mol. The van der Waals surface area contributed by atoms with E-state index >= 15 is 0 Å².